The Hall–Kier alpha value is -1.02. The predicted octanol–water partition coefficient (Wildman–Crippen LogP) is 1.56. The first kappa shape index (κ1) is 12.6. The molecule has 4 N–H and O–H groups in total. The van der Waals surface area contributed by atoms with E-state index in [4.69, 9.17) is 11.5 Å². The lowest BCUT2D eigenvalue weighted by Crippen LogP contribution is -2.07. The van der Waals surface area contributed by atoms with Gasteiger partial charge in [-0.1, -0.05) is 33.1 Å². The van der Waals surface area contributed by atoms with Gasteiger partial charge in [0, 0.05) is 12.2 Å². The van der Waals surface area contributed by atoms with E-state index in [0.29, 0.717) is 12.2 Å². The van der Waals surface area contributed by atoms with E-state index in [-0.39, 0.29) is 0 Å². The molecule has 0 aromatic carbocycles. The van der Waals surface area contributed by atoms with Gasteiger partial charge in [-0.25, -0.2) is 0 Å². The zero-order chi connectivity index (χ0) is 9.28. The molecule has 0 radical (unpaired) electrons. The maximum absolute atomic E-state index is 5.45. The highest BCUT2D eigenvalue weighted by Gasteiger charge is 1.89. The highest BCUT2D eigenvalue weighted by molar-refractivity contribution is 5.29. The monoisotopic (exact) mass is 154 g/mol. The summed E-state index contributed by atoms with van der Waals surface area (Å²) < 4.78 is 0. The van der Waals surface area contributed by atoms with Crippen LogP contribution in [0.4, 0.5) is 0 Å². The van der Waals surface area contributed by atoms with E-state index in [0.717, 1.165) is 5.57 Å². The lowest BCUT2D eigenvalue weighted by Gasteiger charge is -1.98. The molecule has 2 heteroatoms. The quantitative estimate of drug-likeness (QED) is 0.606. The van der Waals surface area contributed by atoms with Crippen LogP contribution in [0.15, 0.2) is 36.6 Å². The Kier molecular flexibility index (Phi) is 10.3. The molecule has 0 saturated carbocycles. The fourth-order valence-corrected chi connectivity index (χ4v) is 0.450. The van der Waals surface area contributed by atoms with E-state index in [1.54, 1.807) is 12.2 Å². The van der Waals surface area contributed by atoms with Crippen LogP contribution in [0.5, 0.6) is 0 Å². The van der Waals surface area contributed by atoms with Gasteiger partial charge in [0.1, 0.15) is 0 Å². The standard InChI is InChI=1S/C7H12N2.C2H6/c1-3-6(5-8)7(9)4-2;1-2/h3-4H,1-2,5,8-9H2;1-2H3/b7-6-;. The second-order valence-electron chi connectivity index (χ2n) is 1.59. The van der Waals surface area contributed by atoms with Gasteiger partial charge in [-0.15, -0.1) is 0 Å². The summed E-state index contributed by atoms with van der Waals surface area (Å²) >= 11 is 0. The molecule has 0 saturated heterocycles. The molecule has 0 spiro atoms. The molecule has 2 nitrogen and oxygen atoms in total. The zero-order valence-electron chi connectivity index (χ0n) is 7.43. The van der Waals surface area contributed by atoms with E-state index in [1.165, 1.54) is 0 Å². The summed E-state index contributed by atoms with van der Waals surface area (Å²) in [6, 6.07) is 0. The summed E-state index contributed by atoms with van der Waals surface area (Å²) in [5.41, 5.74) is 12.2. The smallest absolute Gasteiger partial charge is 0.0353 e. The fraction of sp³-hybridized carbons (Fsp3) is 0.333. The van der Waals surface area contributed by atoms with E-state index in [2.05, 4.69) is 13.2 Å². The summed E-state index contributed by atoms with van der Waals surface area (Å²) in [7, 11) is 0. The van der Waals surface area contributed by atoms with Gasteiger partial charge in [-0.3, -0.25) is 0 Å². The summed E-state index contributed by atoms with van der Waals surface area (Å²) in [6.45, 7) is 11.4. The van der Waals surface area contributed by atoms with Crippen molar-refractivity contribution in [3.63, 3.8) is 0 Å². The lowest BCUT2D eigenvalue weighted by atomic mass is 10.2. The molecule has 0 aromatic heterocycles. The van der Waals surface area contributed by atoms with E-state index < -0.39 is 0 Å². The lowest BCUT2D eigenvalue weighted by molar-refractivity contribution is 1.15. The number of allylic oxidation sites excluding steroid dienone is 1. The van der Waals surface area contributed by atoms with Gasteiger partial charge in [-0.05, 0) is 11.6 Å². The van der Waals surface area contributed by atoms with Crippen LogP contribution in [-0.4, -0.2) is 6.54 Å². The van der Waals surface area contributed by atoms with Crippen molar-refractivity contribution in [3.8, 4) is 0 Å². The van der Waals surface area contributed by atoms with Crippen LogP contribution in [0, 0.1) is 0 Å². The van der Waals surface area contributed by atoms with Gasteiger partial charge in [-0.2, -0.15) is 0 Å². The molecule has 0 fully saturated rings. The Labute approximate surface area is 69.3 Å². The minimum Gasteiger partial charge on any atom is -0.398 e. The largest absolute Gasteiger partial charge is 0.398 e. The summed E-state index contributed by atoms with van der Waals surface area (Å²) in [4.78, 5) is 0. The van der Waals surface area contributed by atoms with Crippen molar-refractivity contribution >= 4 is 0 Å². The Morgan fingerprint density at radius 1 is 1.27 bits per heavy atom. The van der Waals surface area contributed by atoms with Crippen molar-refractivity contribution in [2.24, 2.45) is 11.5 Å². The summed E-state index contributed by atoms with van der Waals surface area (Å²) in [5.74, 6) is 0. The molecule has 0 aromatic rings. The van der Waals surface area contributed by atoms with Gasteiger partial charge in [0.15, 0.2) is 0 Å². The Balaban J connectivity index is 0. The van der Waals surface area contributed by atoms with Crippen molar-refractivity contribution in [2.45, 2.75) is 13.8 Å². The number of rotatable bonds is 3. The third kappa shape index (κ3) is 5.43. The van der Waals surface area contributed by atoms with Gasteiger partial charge < -0.3 is 11.5 Å². The first-order valence-corrected chi connectivity index (χ1v) is 3.69. The average molecular weight is 154 g/mol. The van der Waals surface area contributed by atoms with Crippen molar-refractivity contribution in [1.82, 2.24) is 0 Å². The number of hydrogen-bond donors (Lipinski definition) is 2. The van der Waals surface area contributed by atoms with Crippen molar-refractivity contribution in [3.05, 3.63) is 36.6 Å². The molecule has 0 rings (SSSR count). The molecule has 64 valence electrons. The molecule has 0 bridgehead atoms. The van der Waals surface area contributed by atoms with Crippen LogP contribution in [0.25, 0.3) is 0 Å². The molecule has 0 aliphatic heterocycles. The highest BCUT2D eigenvalue weighted by atomic mass is 14.6. The third-order valence-corrected chi connectivity index (χ3v) is 1.06. The van der Waals surface area contributed by atoms with Crippen LogP contribution < -0.4 is 11.5 Å². The SMILES string of the molecule is C=C/C(N)=C(\C=C)CN.CC. The number of hydrogen-bond acceptors (Lipinski definition) is 2. The second kappa shape index (κ2) is 8.98. The summed E-state index contributed by atoms with van der Waals surface area (Å²) in [6.07, 6.45) is 3.20. The molecule has 11 heavy (non-hydrogen) atoms. The Bertz CT molecular complexity index is 146. The van der Waals surface area contributed by atoms with Crippen LogP contribution in [0.2, 0.25) is 0 Å². The van der Waals surface area contributed by atoms with Crippen LogP contribution in [0.3, 0.4) is 0 Å². The minimum absolute atomic E-state index is 0.418. The van der Waals surface area contributed by atoms with Crippen molar-refractivity contribution < 1.29 is 0 Å². The molecular weight excluding hydrogens is 136 g/mol. The molecule has 0 amide bonds. The number of nitrogens with two attached hydrogens (primary N) is 2. The van der Waals surface area contributed by atoms with Crippen LogP contribution in [-0.2, 0) is 0 Å². The molecule has 0 atom stereocenters. The Morgan fingerprint density at radius 2 is 1.73 bits per heavy atom. The van der Waals surface area contributed by atoms with Crippen LogP contribution in [0.1, 0.15) is 13.8 Å². The van der Waals surface area contributed by atoms with E-state index >= 15 is 0 Å². The molecule has 0 aliphatic carbocycles. The highest BCUT2D eigenvalue weighted by Crippen LogP contribution is 1.97. The van der Waals surface area contributed by atoms with Gasteiger partial charge >= 0.3 is 0 Å². The predicted molar refractivity (Wildman–Crippen MR) is 52.0 cm³/mol. The van der Waals surface area contributed by atoms with Crippen molar-refractivity contribution in [2.75, 3.05) is 6.54 Å². The molecule has 0 aliphatic rings. The Morgan fingerprint density at radius 3 is 1.82 bits per heavy atom. The van der Waals surface area contributed by atoms with E-state index in [9.17, 15) is 0 Å². The van der Waals surface area contributed by atoms with Crippen LogP contribution >= 0.6 is 0 Å². The topological polar surface area (TPSA) is 52.0 Å². The molecular formula is C9H18N2. The zero-order valence-corrected chi connectivity index (χ0v) is 7.43. The molecule has 0 unspecified atom stereocenters. The maximum atomic E-state index is 5.45. The van der Waals surface area contributed by atoms with Gasteiger partial charge in [0.05, 0.1) is 0 Å². The maximum Gasteiger partial charge on any atom is 0.0353 e. The average Bonchev–Trinajstić information content (AvgIpc) is 2.10. The summed E-state index contributed by atoms with van der Waals surface area (Å²) in [5, 5.41) is 0. The fourth-order valence-electron chi connectivity index (χ4n) is 0.450. The first-order valence-electron chi connectivity index (χ1n) is 3.69. The van der Waals surface area contributed by atoms with Crippen molar-refractivity contribution in [1.29, 1.82) is 0 Å². The van der Waals surface area contributed by atoms with Gasteiger partial charge in [0.25, 0.3) is 0 Å². The van der Waals surface area contributed by atoms with E-state index in [1.807, 2.05) is 13.8 Å². The normalized spacial score (nSPS) is 10.5. The third-order valence-electron chi connectivity index (χ3n) is 1.06. The first-order chi connectivity index (χ1) is 5.26. The second-order valence-corrected chi connectivity index (χ2v) is 1.59. The van der Waals surface area contributed by atoms with Gasteiger partial charge in [0.2, 0.25) is 0 Å². The minimum atomic E-state index is 0.418. The molecule has 0 heterocycles.